The standard InChI is InChI=1S/C13H17BrO2/c1-4-11-6-5-7-12(10-11)8-9-15-16-13(2,3)14/h4-7,10H,1,8-9H2,2-3H3. The van der Waals surface area contributed by atoms with Crippen LogP contribution in [0.15, 0.2) is 30.8 Å². The van der Waals surface area contributed by atoms with Crippen molar-refractivity contribution in [1.82, 2.24) is 0 Å². The molecule has 88 valence electrons. The number of benzene rings is 1. The zero-order chi connectivity index (χ0) is 12.0. The fraction of sp³-hybridized carbons (Fsp3) is 0.385. The molecule has 0 saturated carbocycles. The third-order valence-corrected chi connectivity index (χ3v) is 2.05. The van der Waals surface area contributed by atoms with E-state index in [-0.39, 0.29) is 0 Å². The molecule has 0 aliphatic rings. The van der Waals surface area contributed by atoms with Gasteiger partial charge in [-0.2, -0.15) is 0 Å². The van der Waals surface area contributed by atoms with E-state index in [2.05, 4.69) is 34.6 Å². The number of rotatable bonds is 6. The van der Waals surface area contributed by atoms with Gasteiger partial charge in [0.25, 0.3) is 0 Å². The van der Waals surface area contributed by atoms with Crippen LogP contribution in [0.2, 0.25) is 0 Å². The van der Waals surface area contributed by atoms with Crippen LogP contribution in [-0.2, 0) is 16.2 Å². The normalized spacial score (nSPS) is 11.4. The Labute approximate surface area is 105 Å². The minimum Gasteiger partial charge on any atom is -0.235 e. The van der Waals surface area contributed by atoms with Gasteiger partial charge in [0.05, 0.1) is 6.61 Å². The van der Waals surface area contributed by atoms with Crippen LogP contribution in [0.25, 0.3) is 6.08 Å². The van der Waals surface area contributed by atoms with Crippen LogP contribution in [0.3, 0.4) is 0 Å². The highest BCUT2D eigenvalue weighted by Crippen LogP contribution is 2.17. The van der Waals surface area contributed by atoms with Crippen molar-refractivity contribution in [2.24, 2.45) is 0 Å². The van der Waals surface area contributed by atoms with Gasteiger partial charge in [-0.15, -0.1) is 0 Å². The molecule has 0 heterocycles. The molecule has 2 nitrogen and oxygen atoms in total. The van der Waals surface area contributed by atoms with Crippen LogP contribution in [0.5, 0.6) is 0 Å². The lowest BCUT2D eigenvalue weighted by Gasteiger charge is -2.15. The maximum atomic E-state index is 5.10. The van der Waals surface area contributed by atoms with Crippen molar-refractivity contribution >= 4 is 22.0 Å². The summed E-state index contributed by atoms with van der Waals surface area (Å²) >= 11 is 3.33. The van der Waals surface area contributed by atoms with Gasteiger partial charge in [-0.3, -0.25) is 0 Å². The van der Waals surface area contributed by atoms with Crippen molar-refractivity contribution in [2.45, 2.75) is 24.8 Å². The van der Waals surface area contributed by atoms with Crippen LogP contribution in [0.1, 0.15) is 25.0 Å². The lowest BCUT2D eigenvalue weighted by Crippen LogP contribution is -2.16. The van der Waals surface area contributed by atoms with E-state index in [1.54, 1.807) is 0 Å². The van der Waals surface area contributed by atoms with Crippen molar-refractivity contribution < 1.29 is 9.78 Å². The summed E-state index contributed by atoms with van der Waals surface area (Å²) < 4.78 is -0.435. The third-order valence-electron chi connectivity index (χ3n) is 1.92. The van der Waals surface area contributed by atoms with Gasteiger partial charge in [-0.25, -0.2) is 9.78 Å². The summed E-state index contributed by atoms with van der Waals surface area (Å²) in [4.78, 5) is 10.2. The van der Waals surface area contributed by atoms with Crippen molar-refractivity contribution in [3.63, 3.8) is 0 Å². The Balaban J connectivity index is 2.34. The van der Waals surface area contributed by atoms with Crippen molar-refractivity contribution in [2.75, 3.05) is 6.61 Å². The van der Waals surface area contributed by atoms with Crippen LogP contribution in [0.4, 0.5) is 0 Å². The monoisotopic (exact) mass is 284 g/mol. The minimum absolute atomic E-state index is 0.435. The van der Waals surface area contributed by atoms with E-state index in [0.717, 1.165) is 12.0 Å². The van der Waals surface area contributed by atoms with Gasteiger partial charge in [0.1, 0.15) is 0 Å². The Hall–Kier alpha value is -0.640. The van der Waals surface area contributed by atoms with E-state index in [1.807, 2.05) is 32.1 Å². The molecule has 1 aromatic carbocycles. The minimum atomic E-state index is -0.435. The zero-order valence-electron chi connectivity index (χ0n) is 9.70. The highest BCUT2D eigenvalue weighted by atomic mass is 79.9. The largest absolute Gasteiger partial charge is 0.235 e. The Morgan fingerprint density at radius 2 is 2.19 bits per heavy atom. The van der Waals surface area contributed by atoms with Gasteiger partial charge in [0.15, 0.2) is 4.51 Å². The summed E-state index contributed by atoms with van der Waals surface area (Å²) in [6.07, 6.45) is 2.66. The topological polar surface area (TPSA) is 18.5 Å². The molecule has 0 radical (unpaired) electrons. The molecule has 0 N–H and O–H groups in total. The molecule has 0 unspecified atom stereocenters. The SMILES string of the molecule is C=Cc1cccc(CCOOC(C)(C)Br)c1. The molecule has 0 saturated heterocycles. The molecule has 0 aliphatic heterocycles. The fourth-order valence-electron chi connectivity index (χ4n) is 1.22. The molecule has 0 aromatic heterocycles. The highest BCUT2D eigenvalue weighted by Gasteiger charge is 2.13. The molecule has 0 amide bonds. The van der Waals surface area contributed by atoms with Crippen molar-refractivity contribution in [3.8, 4) is 0 Å². The predicted octanol–water partition coefficient (Wildman–Crippen LogP) is 3.95. The quantitative estimate of drug-likeness (QED) is 0.341. The summed E-state index contributed by atoms with van der Waals surface area (Å²) in [6.45, 7) is 8.04. The third kappa shape index (κ3) is 5.45. The maximum Gasteiger partial charge on any atom is 0.152 e. The number of halogens is 1. The first-order valence-corrected chi connectivity index (χ1v) is 6.01. The Morgan fingerprint density at radius 3 is 2.81 bits per heavy atom. The fourth-order valence-corrected chi connectivity index (χ4v) is 1.31. The van der Waals surface area contributed by atoms with Crippen LogP contribution in [-0.4, -0.2) is 11.1 Å². The van der Waals surface area contributed by atoms with Crippen LogP contribution in [0, 0.1) is 0 Å². The molecule has 0 spiro atoms. The summed E-state index contributed by atoms with van der Waals surface area (Å²) in [7, 11) is 0. The molecule has 16 heavy (non-hydrogen) atoms. The lowest BCUT2D eigenvalue weighted by molar-refractivity contribution is -0.325. The molecular weight excluding hydrogens is 268 g/mol. The lowest BCUT2D eigenvalue weighted by atomic mass is 10.1. The van der Waals surface area contributed by atoms with Gasteiger partial charge in [0.2, 0.25) is 0 Å². The second kappa shape index (κ2) is 6.18. The maximum absolute atomic E-state index is 5.10. The van der Waals surface area contributed by atoms with E-state index >= 15 is 0 Å². The average Bonchev–Trinajstić information content (AvgIpc) is 2.23. The van der Waals surface area contributed by atoms with Gasteiger partial charge in [-0.1, -0.05) is 52.9 Å². The number of hydrogen-bond donors (Lipinski definition) is 0. The highest BCUT2D eigenvalue weighted by molar-refractivity contribution is 9.10. The molecule has 0 fully saturated rings. The molecule has 1 aromatic rings. The Bertz CT molecular complexity index is 342. The zero-order valence-corrected chi connectivity index (χ0v) is 11.3. The van der Waals surface area contributed by atoms with Crippen LogP contribution < -0.4 is 0 Å². The first-order chi connectivity index (χ1) is 7.51. The van der Waals surface area contributed by atoms with Gasteiger partial charge < -0.3 is 0 Å². The number of hydrogen-bond acceptors (Lipinski definition) is 2. The summed E-state index contributed by atoms with van der Waals surface area (Å²) in [5.41, 5.74) is 2.34. The Kier molecular flexibility index (Phi) is 5.19. The molecule has 3 heteroatoms. The second-order valence-corrected chi connectivity index (χ2v) is 5.88. The number of alkyl halides is 1. The van der Waals surface area contributed by atoms with Gasteiger partial charge in [-0.05, 0) is 31.4 Å². The summed E-state index contributed by atoms with van der Waals surface area (Å²) in [5.74, 6) is 0. The van der Waals surface area contributed by atoms with E-state index in [4.69, 9.17) is 9.78 Å². The second-order valence-electron chi connectivity index (χ2n) is 3.97. The first kappa shape index (κ1) is 13.4. The van der Waals surface area contributed by atoms with E-state index in [9.17, 15) is 0 Å². The molecule has 1 rings (SSSR count). The van der Waals surface area contributed by atoms with Crippen LogP contribution >= 0.6 is 15.9 Å². The van der Waals surface area contributed by atoms with Gasteiger partial charge >= 0.3 is 0 Å². The molecule has 0 atom stereocenters. The van der Waals surface area contributed by atoms with E-state index < -0.39 is 4.51 Å². The first-order valence-electron chi connectivity index (χ1n) is 5.22. The Morgan fingerprint density at radius 1 is 1.44 bits per heavy atom. The van der Waals surface area contributed by atoms with Crippen molar-refractivity contribution in [1.29, 1.82) is 0 Å². The van der Waals surface area contributed by atoms with E-state index in [0.29, 0.717) is 6.61 Å². The molecular formula is C13H17BrO2. The smallest absolute Gasteiger partial charge is 0.152 e. The van der Waals surface area contributed by atoms with Crippen molar-refractivity contribution in [3.05, 3.63) is 42.0 Å². The predicted molar refractivity (Wildman–Crippen MR) is 70.3 cm³/mol. The molecule has 0 bridgehead atoms. The van der Waals surface area contributed by atoms with Gasteiger partial charge in [0, 0.05) is 0 Å². The molecule has 0 aliphatic carbocycles. The summed E-state index contributed by atoms with van der Waals surface area (Å²) in [5, 5.41) is 0. The van der Waals surface area contributed by atoms with E-state index in [1.165, 1.54) is 5.56 Å². The summed E-state index contributed by atoms with van der Waals surface area (Å²) in [6, 6.07) is 8.20. The average molecular weight is 285 g/mol.